The molecule has 4 rings (SSSR count). The highest BCUT2D eigenvalue weighted by atomic mass is 19.1. The summed E-state index contributed by atoms with van der Waals surface area (Å²) in [6.07, 6.45) is 1.53. The molecule has 1 atom stereocenters. The van der Waals surface area contributed by atoms with E-state index < -0.39 is 22.9 Å². The Morgan fingerprint density at radius 3 is 2.55 bits per heavy atom. The van der Waals surface area contributed by atoms with Gasteiger partial charge in [0.2, 0.25) is 0 Å². The molecule has 2 heterocycles. The Labute approximate surface area is 164 Å². The second-order valence-corrected chi connectivity index (χ2v) is 7.12. The van der Waals surface area contributed by atoms with Crippen LogP contribution in [0.1, 0.15) is 17.3 Å². The zero-order valence-electron chi connectivity index (χ0n) is 15.6. The van der Waals surface area contributed by atoms with Gasteiger partial charge in [-0.25, -0.2) is 13.2 Å². The van der Waals surface area contributed by atoms with Gasteiger partial charge in [0.05, 0.1) is 22.5 Å². The van der Waals surface area contributed by atoms with E-state index in [0.29, 0.717) is 32.0 Å². The molecule has 1 aromatic heterocycles. The number of carbonyl (C=O) groups is 1. The van der Waals surface area contributed by atoms with Crippen LogP contribution in [-0.2, 0) is 0 Å². The minimum Gasteiger partial charge on any atom is -0.366 e. The number of carbonyl (C=O) groups excluding carboxylic acids is 1. The summed E-state index contributed by atoms with van der Waals surface area (Å²) in [5, 5.41) is 3.22. The van der Waals surface area contributed by atoms with Gasteiger partial charge in [-0.1, -0.05) is 0 Å². The van der Waals surface area contributed by atoms with Gasteiger partial charge in [0.15, 0.2) is 11.7 Å². The van der Waals surface area contributed by atoms with Crippen molar-refractivity contribution in [3.63, 3.8) is 0 Å². The molecule has 29 heavy (non-hydrogen) atoms. The van der Waals surface area contributed by atoms with Gasteiger partial charge in [0.25, 0.3) is 0 Å². The van der Waals surface area contributed by atoms with E-state index in [9.17, 15) is 22.8 Å². The van der Waals surface area contributed by atoms with Gasteiger partial charge < -0.3 is 14.8 Å². The highest BCUT2D eigenvalue weighted by Crippen LogP contribution is 2.28. The number of piperazine rings is 1. The van der Waals surface area contributed by atoms with E-state index in [1.165, 1.54) is 22.9 Å². The largest absolute Gasteiger partial charge is 0.366 e. The van der Waals surface area contributed by atoms with Crippen molar-refractivity contribution >= 4 is 22.9 Å². The highest BCUT2D eigenvalue weighted by molar-refractivity contribution is 5.89. The first-order valence-corrected chi connectivity index (χ1v) is 9.17. The number of aldehydes is 1. The number of hydrogen-bond acceptors (Lipinski definition) is 4. The first kappa shape index (κ1) is 19.2. The molecule has 8 heteroatoms. The Morgan fingerprint density at radius 2 is 1.86 bits per heavy atom. The summed E-state index contributed by atoms with van der Waals surface area (Å²) in [6, 6.07) is 5.69. The summed E-state index contributed by atoms with van der Waals surface area (Å²) in [7, 11) is 0. The molecule has 1 saturated heterocycles. The molecule has 1 N–H and O–H groups in total. The molecule has 0 saturated carbocycles. The molecule has 0 bridgehead atoms. The standard InChI is InChI=1S/C21H18F3N3O2/c1-12-9-26(5-4-25-12)20-8-19-15(7-17(20)24)21(29)13(11-28)10-27(19)18-3-2-14(22)6-16(18)23/h2-3,6-8,10-12,25H,4-5,9H2,1H3. The monoisotopic (exact) mass is 401 g/mol. The molecule has 0 spiro atoms. The van der Waals surface area contributed by atoms with E-state index in [1.54, 1.807) is 0 Å². The molecular formula is C21H18F3N3O2. The fourth-order valence-corrected chi connectivity index (χ4v) is 3.71. The fraction of sp³-hybridized carbons (Fsp3) is 0.238. The average molecular weight is 401 g/mol. The van der Waals surface area contributed by atoms with E-state index in [4.69, 9.17) is 0 Å². The Balaban J connectivity index is 2.01. The molecular weight excluding hydrogens is 383 g/mol. The van der Waals surface area contributed by atoms with Gasteiger partial charge >= 0.3 is 0 Å². The third-order valence-electron chi connectivity index (χ3n) is 5.11. The van der Waals surface area contributed by atoms with Crippen LogP contribution in [0.15, 0.2) is 41.3 Å². The Morgan fingerprint density at radius 1 is 1.10 bits per heavy atom. The van der Waals surface area contributed by atoms with Crippen LogP contribution in [0.5, 0.6) is 0 Å². The summed E-state index contributed by atoms with van der Waals surface area (Å²) in [5.41, 5.74) is -0.433. The van der Waals surface area contributed by atoms with E-state index in [-0.39, 0.29) is 33.9 Å². The first-order valence-electron chi connectivity index (χ1n) is 9.17. The summed E-state index contributed by atoms with van der Waals surface area (Å²) < 4.78 is 44.0. The van der Waals surface area contributed by atoms with Crippen LogP contribution in [0.2, 0.25) is 0 Å². The quantitative estimate of drug-likeness (QED) is 0.686. The number of pyridine rings is 1. The van der Waals surface area contributed by atoms with Crippen molar-refractivity contribution in [2.24, 2.45) is 0 Å². The van der Waals surface area contributed by atoms with Crippen LogP contribution >= 0.6 is 0 Å². The van der Waals surface area contributed by atoms with Crippen molar-refractivity contribution in [3.05, 3.63) is 69.8 Å². The van der Waals surface area contributed by atoms with E-state index >= 15 is 0 Å². The maximum atomic E-state index is 14.9. The Hall–Kier alpha value is -3.13. The van der Waals surface area contributed by atoms with Crippen LogP contribution in [0.25, 0.3) is 16.6 Å². The molecule has 0 radical (unpaired) electrons. The third kappa shape index (κ3) is 3.40. The number of anilines is 1. The summed E-state index contributed by atoms with van der Waals surface area (Å²) in [5.74, 6) is -2.22. The number of halogens is 3. The number of hydrogen-bond donors (Lipinski definition) is 1. The predicted octanol–water partition coefficient (Wildman–Crippen LogP) is 3.02. The van der Waals surface area contributed by atoms with Gasteiger partial charge in [0, 0.05) is 43.3 Å². The van der Waals surface area contributed by atoms with Gasteiger partial charge in [-0.2, -0.15) is 0 Å². The predicted molar refractivity (Wildman–Crippen MR) is 104 cm³/mol. The third-order valence-corrected chi connectivity index (χ3v) is 5.11. The van der Waals surface area contributed by atoms with Crippen LogP contribution < -0.4 is 15.6 Å². The lowest BCUT2D eigenvalue weighted by molar-refractivity contribution is 0.112. The molecule has 1 aliphatic rings. The molecule has 1 fully saturated rings. The lowest BCUT2D eigenvalue weighted by Crippen LogP contribution is -2.49. The second kappa shape index (κ2) is 7.36. The van der Waals surface area contributed by atoms with Crippen molar-refractivity contribution in [1.29, 1.82) is 0 Å². The molecule has 1 aliphatic heterocycles. The van der Waals surface area contributed by atoms with Gasteiger partial charge in [-0.05, 0) is 31.2 Å². The van der Waals surface area contributed by atoms with Crippen molar-refractivity contribution in [2.75, 3.05) is 24.5 Å². The lowest BCUT2D eigenvalue weighted by atomic mass is 10.1. The molecule has 150 valence electrons. The average Bonchev–Trinajstić information content (AvgIpc) is 2.69. The Kier molecular flexibility index (Phi) is 4.87. The number of rotatable bonds is 3. The highest BCUT2D eigenvalue weighted by Gasteiger charge is 2.22. The number of aromatic nitrogens is 1. The molecule has 3 aromatic rings. The van der Waals surface area contributed by atoms with Crippen LogP contribution in [0, 0.1) is 17.5 Å². The zero-order chi connectivity index (χ0) is 20.7. The van der Waals surface area contributed by atoms with Crippen molar-refractivity contribution in [2.45, 2.75) is 13.0 Å². The minimum absolute atomic E-state index is 0.0502. The number of benzene rings is 2. The molecule has 5 nitrogen and oxygen atoms in total. The zero-order valence-corrected chi connectivity index (χ0v) is 15.6. The number of fused-ring (bicyclic) bond motifs is 1. The Bertz CT molecular complexity index is 1180. The van der Waals surface area contributed by atoms with Gasteiger partial charge in [-0.15, -0.1) is 0 Å². The minimum atomic E-state index is -0.867. The smallest absolute Gasteiger partial charge is 0.200 e. The normalized spacial score (nSPS) is 17.0. The van der Waals surface area contributed by atoms with E-state index in [1.807, 2.05) is 11.8 Å². The summed E-state index contributed by atoms with van der Waals surface area (Å²) in [4.78, 5) is 25.8. The maximum Gasteiger partial charge on any atom is 0.200 e. The summed E-state index contributed by atoms with van der Waals surface area (Å²) in [6.45, 7) is 3.77. The van der Waals surface area contributed by atoms with Gasteiger partial charge in [0.1, 0.15) is 17.5 Å². The van der Waals surface area contributed by atoms with E-state index in [0.717, 1.165) is 12.1 Å². The lowest BCUT2D eigenvalue weighted by Gasteiger charge is -2.34. The molecule has 1 unspecified atom stereocenters. The van der Waals surface area contributed by atoms with E-state index in [2.05, 4.69) is 5.32 Å². The van der Waals surface area contributed by atoms with Crippen LogP contribution in [0.4, 0.5) is 18.9 Å². The molecule has 2 aromatic carbocycles. The molecule has 0 aliphatic carbocycles. The molecule has 0 amide bonds. The first-order chi connectivity index (χ1) is 13.9. The number of nitrogens with one attached hydrogen (secondary N) is 1. The summed E-state index contributed by atoms with van der Waals surface area (Å²) >= 11 is 0. The van der Waals surface area contributed by atoms with Crippen molar-refractivity contribution < 1.29 is 18.0 Å². The van der Waals surface area contributed by atoms with Gasteiger partial charge in [-0.3, -0.25) is 9.59 Å². The topological polar surface area (TPSA) is 54.3 Å². The van der Waals surface area contributed by atoms with Crippen LogP contribution in [0.3, 0.4) is 0 Å². The maximum absolute atomic E-state index is 14.9. The number of nitrogens with zero attached hydrogens (tertiary/aromatic N) is 2. The second-order valence-electron chi connectivity index (χ2n) is 7.12. The SMILES string of the molecule is CC1CN(c2cc3c(cc2F)c(=O)c(C=O)cn3-c2ccc(F)cc2F)CCN1. The van der Waals surface area contributed by atoms with Crippen molar-refractivity contribution in [3.8, 4) is 5.69 Å². The fourth-order valence-electron chi connectivity index (χ4n) is 3.71. The van der Waals surface area contributed by atoms with Crippen LogP contribution in [-0.4, -0.2) is 36.5 Å². The van der Waals surface area contributed by atoms with Crippen molar-refractivity contribution in [1.82, 2.24) is 9.88 Å².